The first kappa shape index (κ1) is 19.3. The Balaban J connectivity index is 1.75. The van der Waals surface area contributed by atoms with Crippen LogP contribution in [0.4, 0.5) is 5.69 Å². The first-order valence-corrected chi connectivity index (χ1v) is 9.26. The molecule has 0 spiro atoms. The lowest BCUT2D eigenvalue weighted by Gasteiger charge is -2.14. The zero-order valence-electron chi connectivity index (χ0n) is 16.2. The molecule has 0 atom stereocenters. The molecule has 0 saturated carbocycles. The van der Waals surface area contributed by atoms with Gasteiger partial charge < -0.3 is 14.5 Å². The van der Waals surface area contributed by atoms with Gasteiger partial charge in [-0.2, -0.15) is 0 Å². The summed E-state index contributed by atoms with van der Waals surface area (Å²) in [5.74, 6) is 0.551. The van der Waals surface area contributed by atoms with Crippen LogP contribution in [0.25, 0.3) is 10.9 Å². The Hall–Kier alpha value is -4.07. The van der Waals surface area contributed by atoms with Crippen molar-refractivity contribution in [1.29, 1.82) is 0 Å². The zero-order chi connectivity index (χ0) is 21.1. The molecule has 0 aliphatic carbocycles. The first-order valence-electron chi connectivity index (χ1n) is 9.26. The molecule has 8 heteroatoms. The minimum absolute atomic E-state index is 0.0242. The highest BCUT2D eigenvalue weighted by Gasteiger charge is 2.17. The molecule has 4 rings (SSSR count). The molecule has 1 amide bonds. The van der Waals surface area contributed by atoms with Crippen molar-refractivity contribution >= 4 is 22.5 Å². The molecule has 1 N–H and O–H groups in total. The molecule has 2 heterocycles. The number of hydrogen-bond acceptors (Lipinski definition) is 5. The minimum Gasteiger partial charge on any atom is -0.495 e. The summed E-state index contributed by atoms with van der Waals surface area (Å²) in [4.78, 5) is 38.7. The van der Waals surface area contributed by atoms with Crippen molar-refractivity contribution in [3.63, 3.8) is 0 Å². The molecule has 8 nitrogen and oxygen atoms in total. The standard InChI is InChI=1S/C22H19N3O5/c1-29-19-11-5-3-9-17(19)23-20(26)14-24-18-10-4-2-8-16(18)21(27)25(22(24)28)13-15-7-6-12-30-15/h2-12H,13-14H2,1H3,(H,23,26). The van der Waals surface area contributed by atoms with E-state index in [1.165, 1.54) is 17.9 Å². The molecule has 152 valence electrons. The lowest BCUT2D eigenvalue weighted by molar-refractivity contribution is -0.116. The fraction of sp³-hybridized carbons (Fsp3) is 0.136. The van der Waals surface area contributed by atoms with Gasteiger partial charge in [0.25, 0.3) is 5.56 Å². The summed E-state index contributed by atoms with van der Waals surface area (Å²) < 4.78 is 12.9. The van der Waals surface area contributed by atoms with Crippen molar-refractivity contribution < 1.29 is 13.9 Å². The Morgan fingerprint density at radius 3 is 2.53 bits per heavy atom. The summed E-state index contributed by atoms with van der Waals surface area (Å²) in [5.41, 5.74) is -0.150. The van der Waals surface area contributed by atoms with Gasteiger partial charge in [0.2, 0.25) is 5.91 Å². The van der Waals surface area contributed by atoms with Gasteiger partial charge in [-0.05, 0) is 36.4 Å². The molecule has 2 aromatic heterocycles. The van der Waals surface area contributed by atoms with Gasteiger partial charge in [-0.3, -0.25) is 18.7 Å². The maximum atomic E-state index is 13.1. The van der Waals surface area contributed by atoms with Crippen LogP contribution in [-0.4, -0.2) is 22.2 Å². The topological polar surface area (TPSA) is 95.5 Å². The molecule has 30 heavy (non-hydrogen) atoms. The number of amides is 1. The predicted molar refractivity (Wildman–Crippen MR) is 112 cm³/mol. The number of methoxy groups -OCH3 is 1. The van der Waals surface area contributed by atoms with Gasteiger partial charge in [0.15, 0.2) is 0 Å². The Bertz CT molecular complexity index is 1320. The summed E-state index contributed by atoms with van der Waals surface area (Å²) in [5, 5.41) is 3.09. The maximum Gasteiger partial charge on any atom is 0.332 e. The van der Waals surface area contributed by atoms with Gasteiger partial charge in [-0.1, -0.05) is 24.3 Å². The molecule has 0 unspecified atom stereocenters. The third kappa shape index (κ3) is 3.62. The number of anilines is 1. The average Bonchev–Trinajstić information content (AvgIpc) is 3.28. The third-order valence-corrected chi connectivity index (χ3v) is 4.71. The fourth-order valence-corrected chi connectivity index (χ4v) is 3.30. The largest absolute Gasteiger partial charge is 0.495 e. The molecule has 0 aliphatic heterocycles. The normalized spacial score (nSPS) is 10.8. The van der Waals surface area contributed by atoms with Crippen LogP contribution in [0.1, 0.15) is 5.76 Å². The highest BCUT2D eigenvalue weighted by molar-refractivity contribution is 5.93. The van der Waals surface area contributed by atoms with Crippen molar-refractivity contribution in [3.8, 4) is 5.75 Å². The molecule has 0 bridgehead atoms. The molecule has 0 fully saturated rings. The zero-order valence-corrected chi connectivity index (χ0v) is 16.2. The van der Waals surface area contributed by atoms with Crippen LogP contribution in [0.3, 0.4) is 0 Å². The second-order valence-electron chi connectivity index (χ2n) is 6.60. The molecular formula is C22H19N3O5. The van der Waals surface area contributed by atoms with Crippen LogP contribution in [-0.2, 0) is 17.9 Å². The van der Waals surface area contributed by atoms with Crippen molar-refractivity contribution in [2.45, 2.75) is 13.1 Å². The summed E-state index contributed by atoms with van der Waals surface area (Å²) in [7, 11) is 1.51. The molecule has 0 radical (unpaired) electrons. The highest BCUT2D eigenvalue weighted by atomic mass is 16.5. The summed E-state index contributed by atoms with van der Waals surface area (Å²) >= 11 is 0. The number of furan rings is 1. The molecule has 2 aromatic carbocycles. The second-order valence-corrected chi connectivity index (χ2v) is 6.60. The van der Waals surface area contributed by atoms with Gasteiger partial charge in [-0.25, -0.2) is 4.79 Å². The van der Waals surface area contributed by atoms with E-state index in [-0.39, 0.29) is 13.1 Å². The number of benzene rings is 2. The van der Waals surface area contributed by atoms with Crippen LogP contribution in [0.5, 0.6) is 5.75 Å². The monoisotopic (exact) mass is 405 g/mol. The third-order valence-electron chi connectivity index (χ3n) is 4.71. The fourth-order valence-electron chi connectivity index (χ4n) is 3.30. The number of carbonyl (C=O) groups excluding carboxylic acids is 1. The quantitative estimate of drug-likeness (QED) is 0.532. The van der Waals surface area contributed by atoms with Crippen molar-refractivity contribution in [1.82, 2.24) is 9.13 Å². The number of hydrogen-bond donors (Lipinski definition) is 1. The van der Waals surface area contributed by atoms with Gasteiger partial charge in [0, 0.05) is 0 Å². The smallest absolute Gasteiger partial charge is 0.332 e. The average molecular weight is 405 g/mol. The van der Waals surface area contributed by atoms with E-state index in [9.17, 15) is 14.4 Å². The van der Waals surface area contributed by atoms with Crippen molar-refractivity contribution in [2.24, 2.45) is 0 Å². The number of ether oxygens (including phenoxy) is 1. The van der Waals surface area contributed by atoms with E-state index in [4.69, 9.17) is 9.15 Å². The SMILES string of the molecule is COc1ccccc1NC(=O)Cn1c(=O)n(Cc2ccco2)c(=O)c2ccccc21. The minimum atomic E-state index is -0.592. The molecule has 0 saturated heterocycles. The number of carbonyl (C=O) groups is 1. The number of rotatable bonds is 6. The Morgan fingerprint density at radius 1 is 1.00 bits per heavy atom. The van der Waals surface area contributed by atoms with Gasteiger partial charge >= 0.3 is 5.69 Å². The van der Waals surface area contributed by atoms with Gasteiger partial charge in [0.1, 0.15) is 18.1 Å². The second kappa shape index (κ2) is 8.12. The predicted octanol–water partition coefficient (Wildman–Crippen LogP) is 2.45. The Labute approximate surface area is 170 Å². The Morgan fingerprint density at radius 2 is 1.77 bits per heavy atom. The van der Waals surface area contributed by atoms with E-state index < -0.39 is 17.2 Å². The van der Waals surface area contributed by atoms with Crippen LogP contribution in [0.15, 0.2) is 80.9 Å². The van der Waals surface area contributed by atoms with Crippen LogP contribution >= 0.6 is 0 Å². The Kier molecular flexibility index (Phi) is 5.21. The van der Waals surface area contributed by atoms with Crippen molar-refractivity contribution in [2.75, 3.05) is 12.4 Å². The van der Waals surface area contributed by atoms with E-state index in [1.54, 1.807) is 60.7 Å². The van der Waals surface area contributed by atoms with E-state index >= 15 is 0 Å². The number of nitrogens with one attached hydrogen (secondary N) is 1. The van der Waals surface area contributed by atoms with Crippen LogP contribution in [0, 0.1) is 0 Å². The maximum absolute atomic E-state index is 13.1. The summed E-state index contributed by atoms with van der Waals surface area (Å²) in [6.07, 6.45) is 1.47. The van der Waals surface area contributed by atoms with Gasteiger partial charge in [-0.15, -0.1) is 0 Å². The van der Waals surface area contributed by atoms with E-state index in [0.29, 0.717) is 28.1 Å². The van der Waals surface area contributed by atoms with Crippen LogP contribution < -0.4 is 21.3 Å². The summed E-state index contributed by atoms with van der Waals surface area (Å²) in [6.45, 7) is -0.292. The number of fused-ring (bicyclic) bond motifs is 1. The van der Waals surface area contributed by atoms with E-state index in [2.05, 4.69) is 5.32 Å². The number of aromatic nitrogens is 2. The highest BCUT2D eigenvalue weighted by Crippen LogP contribution is 2.23. The number of nitrogens with zero attached hydrogens (tertiary/aromatic N) is 2. The van der Waals surface area contributed by atoms with Gasteiger partial charge in [0.05, 0.1) is 36.5 Å². The van der Waals surface area contributed by atoms with Crippen LogP contribution in [0.2, 0.25) is 0 Å². The summed E-state index contributed by atoms with van der Waals surface area (Å²) in [6, 6.07) is 17.0. The molecule has 4 aromatic rings. The van der Waals surface area contributed by atoms with E-state index in [1.807, 2.05) is 0 Å². The molecular weight excluding hydrogens is 386 g/mol. The first-order chi connectivity index (χ1) is 14.6. The molecule has 0 aliphatic rings. The lowest BCUT2D eigenvalue weighted by Crippen LogP contribution is -2.42. The van der Waals surface area contributed by atoms with E-state index in [0.717, 1.165) is 4.57 Å². The van der Waals surface area contributed by atoms with Crippen molar-refractivity contribution in [3.05, 3.63) is 93.5 Å². The number of para-hydroxylation sites is 3. The lowest BCUT2D eigenvalue weighted by atomic mass is 10.2.